The molecule has 0 spiro atoms. The van der Waals surface area contributed by atoms with Crippen molar-refractivity contribution in [3.8, 4) is 11.3 Å². The largest absolute Gasteiger partial charge is 0.478 e. The highest BCUT2D eigenvalue weighted by Crippen LogP contribution is 2.31. The average Bonchev–Trinajstić information content (AvgIpc) is 3.05. The Labute approximate surface area is 157 Å². The van der Waals surface area contributed by atoms with Crippen molar-refractivity contribution in [2.75, 3.05) is 7.05 Å². The van der Waals surface area contributed by atoms with E-state index >= 15 is 0 Å². The van der Waals surface area contributed by atoms with Crippen LogP contribution in [-0.4, -0.2) is 40.0 Å². The number of nitrogens with one attached hydrogen (secondary N) is 1. The molecule has 1 aromatic carbocycles. The van der Waals surface area contributed by atoms with Gasteiger partial charge in [-0.2, -0.15) is 0 Å². The SMILES string of the molecule is CN1C(=O)C(=Cc2ccc(-c3cc(C(=O)O)ccc3Cl)o2)C(=O)NC1=S. The molecule has 0 radical (unpaired) electrons. The van der Waals surface area contributed by atoms with Gasteiger partial charge in [0.2, 0.25) is 0 Å². The molecule has 1 saturated heterocycles. The van der Waals surface area contributed by atoms with Gasteiger partial charge in [0.1, 0.15) is 17.1 Å². The third-order valence-electron chi connectivity index (χ3n) is 3.70. The lowest BCUT2D eigenvalue weighted by molar-refractivity contribution is -0.128. The van der Waals surface area contributed by atoms with Crippen LogP contribution in [0.1, 0.15) is 16.1 Å². The molecule has 26 heavy (non-hydrogen) atoms. The molecule has 1 aromatic heterocycles. The highest BCUT2D eigenvalue weighted by atomic mass is 35.5. The van der Waals surface area contributed by atoms with E-state index in [1.807, 2.05) is 0 Å². The molecular formula is C17H11ClN2O5S. The van der Waals surface area contributed by atoms with Crippen molar-refractivity contribution in [2.24, 2.45) is 0 Å². The number of likely N-dealkylation sites (N-methyl/N-ethyl adjacent to an activating group) is 1. The summed E-state index contributed by atoms with van der Waals surface area (Å²) in [5.74, 6) is -1.74. The van der Waals surface area contributed by atoms with E-state index in [2.05, 4.69) is 5.32 Å². The number of aromatic carboxylic acids is 1. The smallest absolute Gasteiger partial charge is 0.335 e. The molecule has 2 heterocycles. The van der Waals surface area contributed by atoms with Crippen LogP contribution in [0.25, 0.3) is 17.4 Å². The topological polar surface area (TPSA) is 99.8 Å². The molecule has 3 rings (SSSR count). The summed E-state index contributed by atoms with van der Waals surface area (Å²) in [6, 6.07) is 7.32. The summed E-state index contributed by atoms with van der Waals surface area (Å²) in [7, 11) is 1.45. The fourth-order valence-electron chi connectivity index (χ4n) is 2.31. The second-order valence-corrected chi connectivity index (χ2v) is 6.18. The van der Waals surface area contributed by atoms with Crippen molar-refractivity contribution < 1.29 is 23.9 Å². The minimum atomic E-state index is -1.10. The Balaban J connectivity index is 1.97. The van der Waals surface area contributed by atoms with Crippen LogP contribution in [-0.2, 0) is 9.59 Å². The van der Waals surface area contributed by atoms with E-state index < -0.39 is 17.8 Å². The van der Waals surface area contributed by atoms with Crippen molar-refractivity contribution in [1.29, 1.82) is 0 Å². The Kier molecular flexibility index (Phi) is 4.62. The monoisotopic (exact) mass is 390 g/mol. The molecular weight excluding hydrogens is 380 g/mol. The number of nitrogens with zero attached hydrogens (tertiary/aromatic N) is 1. The number of rotatable bonds is 3. The first-order valence-electron chi connectivity index (χ1n) is 7.26. The molecule has 2 N–H and O–H groups in total. The zero-order valence-corrected chi connectivity index (χ0v) is 14.9. The molecule has 2 aromatic rings. The summed E-state index contributed by atoms with van der Waals surface area (Å²) >= 11 is 11.0. The summed E-state index contributed by atoms with van der Waals surface area (Å²) in [5, 5.41) is 11.8. The molecule has 9 heteroatoms. The van der Waals surface area contributed by atoms with Crippen LogP contribution in [0.2, 0.25) is 5.02 Å². The van der Waals surface area contributed by atoms with Crippen molar-refractivity contribution in [3.63, 3.8) is 0 Å². The maximum atomic E-state index is 12.2. The quantitative estimate of drug-likeness (QED) is 0.474. The summed E-state index contributed by atoms with van der Waals surface area (Å²) in [4.78, 5) is 36.4. The standard InChI is InChI=1S/C17H11ClN2O5S/c1-20-15(22)11(14(21)19-17(20)26)7-9-3-5-13(25-9)10-6-8(16(23)24)2-4-12(10)18/h2-7H,1H3,(H,23,24)(H,19,21,26). The van der Waals surface area contributed by atoms with Crippen molar-refractivity contribution in [2.45, 2.75) is 0 Å². The molecule has 0 saturated carbocycles. The number of carbonyl (C=O) groups is 3. The maximum Gasteiger partial charge on any atom is 0.335 e. The number of hydrogen-bond acceptors (Lipinski definition) is 5. The van der Waals surface area contributed by atoms with E-state index in [4.69, 9.17) is 33.3 Å². The lowest BCUT2D eigenvalue weighted by atomic mass is 10.1. The molecule has 0 aliphatic carbocycles. The van der Waals surface area contributed by atoms with Crippen molar-refractivity contribution in [1.82, 2.24) is 10.2 Å². The number of benzene rings is 1. The first-order chi connectivity index (χ1) is 12.3. The molecule has 0 unspecified atom stereocenters. The number of thiocarbonyl (C=S) groups is 1. The van der Waals surface area contributed by atoms with Crippen LogP contribution < -0.4 is 5.32 Å². The second-order valence-electron chi connectivity index (χ2n) is 5.38. The van der Waals surface area contributed by atoms with E-state index in [1.54, 1.807) is 12.1 Å². The Hall–Kier alpha value is -2.97. The van der Waals surface area contributed by atoms with Gasteiger partial charge in [-0.15, -0.1) is 0 Å². The van der Waals surface area contributed by atoms with Crippen LogP contribution in [0.5, 0.6) is 0 Å². The summed E-state index contributed by atoms with van der Waals surface area (Å²) in [6.45, 7) is 0. The first kappa shape index (κ1) is 17.8. The highest BCUT2D eigenvalue weighted by Gasteiger charge is 2.31. The van der Waals surface area contributed by atoms with Crippen LogP contribution in [0.4, 0.5) is 0 Å². The normalized spacial score (nSPS) is 16.2. The minimum Gasteiger partial charge on any atom is -0.478 e. The number of carbonyl (C=O) groups excluding carboxylic acids is 2. The van der Waals surface area contributed by atoms with Gasteiger partial charge in [0.25, 0.3) is 11.8 Å². The van der Waals surface area contributed by atoms with Gasteiger partial charge >= 0.3 is 5.97 Å². The van der Waals surface area contributed by atoms with Crippen molar-refractivity contribution in [3.05, 3.63) is 52.3 Å². The summed E-state index contributed by atoms with van der Waals surface area (Å²) in [5.41, 5.74) is 0.305. The second kappa shape index (κ2) is 6.74. The van der Waals surface area contributed by atoms with Crippen molar-refractivity contribution >= 4 is 52.8 Å². The van der Waals surface area contributed by atoms with Gasteiger partial charge in [0.15, 0.2) is 5.11 Å². The van der Waals surface area contributed by atoms with Gasteiger partial charge in [-0.3, -0.25) is 19.8 Å². The third-order valence-corrected chi connectivity index (χ3v) is 4.40. The minimum absolute atomic E-state index is 0.0227. The van der Waals surface area contributed by atoms with Gasteiger partial charge in [-0.1, -0.05) is 11.6 Å². The molecule has 2 amide bonds. The van der Waals surface area contributed by atoms with Crippen LogP contribution in [0, 0.1) is 0 Å². The summed E-state index contributed by atoms with van der Waals surface area (Å²) < 4.78 is 5.61. The zero-order chi connectivity index (χ0) is 19.0. The van der Waals surface area contributed by atoms with Gasteiger partial charge in [-0.05, 0) is 48.6 Å². The Morgan fingerprint density at radius 2 is 2.04 bits per heavy atom. The molecule has 7 nitrogen and oxygen atoms in total. The maximum absolute atomic E-state index is 12.2. The highest BCUT2D eigenvalue weighted by molar-refractivity contribution is 7.80. The Bertz CT molecular complexity index is 995. The number of carboxylic acids is 1. The third kappa shape index (κ3) is 3.24. The lowest BCUT2D eigenvalue weighted by Gasteiger charge is -2.24. The van der Waals surface area contributed by atoms with E-state index in [9.17, 15) is 14.4 Å². The summed E-state index contributed by atoms with van der Waals surface area (Å²) in [6.07, 6.45) is 1.29. The fourth-order valence-corrected chi connectivity index (χ4v) is 2.70. The van der Waals surface area contributed by atoms with Crippen LogP contribution in [0.15, 0.2) is 40.3 Å². The first-order valence-corrected chi connectivity index (χ1v) is 8.04. The van der Waals surface area contributed by atoms with Gasteiger partial charge < -0.3 is 9.52 Å². The number of halogens is 1. The van der Waals surface area contributed by atoms with Gasteiger partial charge in [-0.25, -0.2) is 4.79 Å². The number of furan rings is 1. The molecule has 1 aliphatic rings. The predicted octanol–water partition coefficient (Wildman–Crippen LogP) is 2.55. The van der Waals surface area contributed by atoms with E-state index in [-0.39, 0.29) is 22.0 Å². The number of hydrogen-bond donors (Lipinski definition) is 2. The zero-order valence-electron chi connectivity index (χ0n) is 13.3. The van der Waals surface area contributed by atoms with Gasteiger partial charge in [0, 0.05) is 12.6 Å². The number of carboxylic acid groups (broad SMARTS) is 1. The lowest BCUT2D eigenvalue weighted by Crippen LogP contribution is -2.52. The predicted molar refractivity (Wildman–Crippen MR) is 97.6 cm³/mol. The number of amides is 2. The molecule has 1 fully saturated rings. The van der Waals surface area contributed by atoms with Crippen LogP contribution >= 0.6 is 23.8 Å². The molecule has 1 aliphatic heterocycles. The molecule has 132 valence electrons. The van der Waals surface area contributed by atoms with Crippen LogP contribution in [0.3, 0.4) is 0 Å². The Morgan fingerprint density at radius 3 is 2.73 bits per heavy atom. The Morgan fingerprint density at radius 1 is 1.31 bits per heavy atom. The average molecular weight is 391 g/mol. The van der Waals surface area contributed by atoms with E-state index in [1.165, 1.54) is 31.3 Å². The fraction of sp³-hybridized carbons (Fsp3) is 0.0588. The van der Waals surface area contributed by atoms with E-state index in [0.29, 0.717) is 16.3 Å². The van der Waals surface area contributed by atoms with E-state index in [0.717, 1.165) is 4.90 Å². The van der Waals surface area contributed by atoms with Gasteiger partial charge in [0.05, 0.1) is 10.6 Å². The molecule has 0 bridgehead atoms. The molecule has 0 atom stereocenters.